The topological polar surface area (TPSA) is 72.2 Å². The number of hydrogen-bond donors (Lipinski definition) is 2. The zero-order chi connectivity index (χ0) is 10.8. The summed E-state index contributed by atoms with van der Waals surface area (Å²) in [6.45, 7) is 1.90. The van der Waals surface area contributed by atoms with Gasteiger partial charge < -0.3 is 5.73 Å². The summed E-state index contributed by atoms with van der Waals surface area (Å²) in [6.07, 6.45) is 0.663. The maximum Gasteiger partial charge on any atom is 0.240 e. The number of aryl methyl sites for hydroxylation is 1. The Kier molecular flexibility index (Phi) is 3.13. The van der Waals surface area contributed by atoms with E-state index in [1.165, 1.54) is 13.1 Å². The normalized spacial score (nSPS) is 11.6. The second-order valence-electron chi connectivity index (χ2n) is 2.93. The van der Waals surface area contributed by atoms with E-state index in [0.717, 1.165) is 5.56 Å². The Morgan fingerprint density at radius 3 is 2.57 bits per heavy atom. The highest BCUT2D eigenvalue weighted by molar-refractivity contribution is 7.89. The third-order valence-corrected chi connectivity index (χ3v) is 3.53. The number of nitrogen functional groups attached to an aromatic ring is 1. The van der Waals surface area contributed by atoms with E-state index in [2.05, 4.69) is 4.72 Å². The highest BCUT2D eigenvalue weighted by Gasteiger charge is 2.15. The summed E-state index contributed by atoms with van der Waals surface area (Å²) in [7, 11) is -2.01. The number of hydrogen-bond acceptors (Lipinski definition) is 3. The van der Waals surface area contributed by atoms with Gasteiger partial charge in [-0.1, -0.05) is 13.0 Å². The molecule has 78 valence electrons. The van der Waals surface area contributed by atoms with E-state index in [9.17, 15) is 8.42 Å². The molecule has 0 fully saturated rings. The maximum absolute atomic E-state index is 11.6. The van der Waals surface area contributed by atoms with Gasteiger partial charge in [0.25, 0.3) is 0 Å². The lowest BCUT2D eigenvalue weighted by molar-refractivity contribution is 0.587. The molecule has 14 heavy (non-hydrogen) atoms. The number of nitrogens with one attached hydrogen (secondary N) is 1. The quantitative estimate of drug-likeness (QED) is 0.729. The van der Waals surface area contributed by atoms with Gasteiger partial charge in [-0.3, -0.25) is 0 Å². The summed E-state index contributed by atoms with van der Waals surface area (Å²) in [5.41, 5.74) is 6.77. The van der Waals surface area contributed by atoms with Crippen LogP contribution < -0.4 is 10.5 Å². The van der Waals surface area contributed by atoms with Gasteiger partial charge in [0, 0.05) is 5.69 Å². The summed E-state index contributed by atoms with van der Waals surface area (Å²) >= 11 is 0. The van der Waals surface area contributed by atoms with Crippen LogP contribution in [-0.4, -0.2) is 15.5 Å². The second-order valence-corrected chi connectivity index (χ2v) is 4.78. The van der Waals surface area contributed by atoms with Crippen molar-refractivity contribution in [1.29, 1.82) is 0 Å². The maximum atomic E-state index is 11.6. The molecule has 0 saturated carbocycles. The van der Waals surface area contributed by atoms with E-state index in [1.807, 2.05) is 6.92 Å². The summed E-state index contributed by atoms with van der Waals surface area (Å²) in [5.74, 6) is 0. The molecule has 0 aliphatic carbocycles. The zero-order valence-electron chi connectivity index (χ0n) is 8.24. The SMILES string of the molecule is CCc1ccc(N)cc1S(=O)(=O)NC. The molecule has 0 heterocycles. The smallest absolute Gasteiger partial charge is 0.240 e. The average Bonchev–Trinajstić information content (AvgIpc) is 2.18. The van der Waals surface area contributed by atoms with Gasteiger partial charge in [-0.15, -0.1) is 0 Å². The lowest BCUT2D eigenvalue weighted by Gasteiger charge is -2.08. The molecular weight excluding hydrogens is 200 g/mol. The van der Waals surface area contributed by atoms with Crippen molar-refractivity contribution in [2.75, 3.05) is 12.8 Å². The first kappa shape index (κ1) is 11.0. The Labute approximate surface area is 84.2 Å². The van der Waals surface area contributed by atoms with Crippen molar-refractivity contribution in [3.05, 3.63) is 23.8 Å². The molecule has 0 atom stereocenters. The van der Waals surface area contributed by atoms with Crippen LogP contribution >= 0.6 is 0 Å². The molecule has 0 amide bonds. The van der Waals surface area contributed by atoms with Crippen LogP contribution in [0.25, 0.3) is 0 Å². The van der Waals surface area contributed by atoms with Gasteiger partial charge >= 0.3 is 0 Å². The first-order valence-corrected chi connectivity index (χ1v) is 5.81. The Morgan fingerprint density at radius 1 is 1.43 bits per heavy atom. The highest BCUT2D eigenvalue weighted by Crippen LogP contribution is 2.19. The molecular formula is C9H14N2O2S. The molecule has 0 spiro atoms. The number of rotatable bonds is 3. The van der Waals surface area contributed by atoms with Crippen LogP contribution in [0.15, 0.2) is 23.1 Å². The first-order chi connectivity index (χ1) is 6.51. The second kappa shape index (κ2) is 3.98. The van der Waals surface area contributed by atoms with Crippen molar-refractivity contribution in [2.24, 2.45) is 0 Å². The van der Waals surface area contributed by atoms with Crippen molar-refractivity contribution in [2.45, 2.75) is 18.2 Å². The van der Waals surface area contributed by atoms with Crippen molar-refractivity contribution >= 4 is 15.7 Å². The van der Waals surface area contributed by atoms with Crippen molar-refractivity contribution in [3.63, 3.8) is 0 Å². The third-order valence-electron chi connectivity index (χ3n) is 2.03. The molecule has 0 aliphatic rings. The van der Waals surface area contributed by atoms with Crippen LogP contribution in [0.5, 0.6) is 0 Å². The van der Waals surface area contributed by atoms with E-state index in [0.29, 0.717) is 12.1 Å². The molecule has 0 saturated heterocycles. The molecule has 1 rings (SSSR count). The van der Waals surface area contributed by atoms with Gasteiger partial charge in [0.1, 0.15) is 0 Å². The molecule has 0 bridgehead atoms. The summed E-state index contributed by atoms with van der Waals surface area (Å²) in [5, 5.41) is 0. The Morgan fingerprint density at radius 2 is 2.07 bits per heavy atom. The molecule has 0 aromatic heterocycles. The molecule has 0 radical (unpaired) electrons. The fourth-order valence-electron chi connectivity index (χ4n) is 1.22. The number of nitrogens with two attached hydrogens (primary N) is 1. The highest BCUT2D eigenvalue weighted by atomic mass is 32.2. The number of benzene rings is 1. The van der Waals surface area contributed by atoms with Crippen LogP contribution in [0.2, 0.25) is 0 Å². The van der Waals surface area contributed by atoms with E-state index in [4.69, 9.17) is 5.73 Å². The predicted molar refractivity (Wildman–Crippen MR) is 56.5 cm³/mol. The molecule has 4 nitrogen and oxygen atoms in total. The molecule has 0 unspecified atom stereocenters. The van der Waals surface area contributed by atoms with Gasteiger partial charge in [-0.2, -0.15) is 0 Å². The summed E-state index contributed by atoms with van der Waals surface area (Å²) in [6, 6.07) is 4.91. The Hall–Kier alpha value is -1.07. The standard InChI is InChI=1S/C9H14N2O2S/c1-3-7-4-5-8(10)6-9(7)14(12,13)11-2/h4-6,11H,3,10H2,1-2H3. The van der Waals surface area contributed by atoms with Crippen LogP contribution in [0.4, 0.5) is 5.69 Å². The first-order valence-electron chi connectivity index (χ1n) is 4.33. The molecule has 0 aliphatic heterocycles. The van der Waals surface area contributed by atoms with E-state index in [-0.39, 0.29) is 4.90 Å². The minimum atomic E-state index is -3.39. The van der Waals surface area contributed by atoms with E-state index >= 15 is 0 Å². The van der Waals surface area contributed by atoms with Gasteiger partial charge in [-0.25, -0.2) is 13.1 Å². The van der Waals surface area contributed by atoms with Gasteiger partial charge in [0.15, 0.2) is 0 Å². The molecule has 5 heteroatoms. The van der Waals surface area contributed by atoms with Crippen LogP contribution in [-0.2, 0) is 16.4 Å². The van der Waals surface area contributed by atoms with Crippen molar-refractivity contribution in [3.8, 4) is 0 Å². The van der Waals surface area contributed by atoms with E-state index in [1.54, 1.807) is 12.1 Å². The Balaban J connectivity index is 3.39. The van der Waals surface area contributed by atoms with Crippen molar-refractivity contribution in [1.82, 2.24) is 4.72 Å². The summed E-state index contributed by atoms with van der Waals surface area (Å²) in [4.78, 5) is 0.266. The zero-order valence-corrected chi connectivity index (χ0v) is 9.06. The predicted octanol–water partition coefficient (Wildman–Crippen LogP) is 0.739. The average molecular weight is 214 g/mol. The minimum Gasteiger partial charge on any atom is -0.399 e. The lowest BCUT2D eigenvalue weighted by atomic mass is 10.1. The monoisotopic (exact) mass is 214 g/mol. The third kappa shape index (κ3) is 2.05. The fraction of sp³-hybridized carbons (Fsp3) is 0.333. The van der Waals surface area contributed by atoms with E-state index < -0.39 is 10.0 Å². The fourth-order valence-corrected chi connectivity index (χ4v) is 2.29. The number of sulfonamides is 1. The number of anilines is 1. The van der Waals surface area contributed by atoms with Gasteiger partial charge in [0.2, 0.25) is 10.0 Å². The van der Waals surface area contributed by atoms with Crippen LogP contribution in [0, 0.1) is 0 Å². The molecule has 3 N–H and O–H groups in total. The largest absolute Gasteiger partial charge is 0.399 e. The van der Waals surface area contributed by atoms with Crippen molar-refractivity contribution < 1.29 is 8.42 Å². The lowest BCUT2D eigenvalue weighted by Crippen LogP contribution is -2.20. The summed E-state index contributed by atoms with van der Waals surface area (Å²) < 4.78 is 25.4. The Bertz CT molecular complexity index is 426. The minimum absolute atomic E-state index is 0.266. The molecule has 1 aromatic carbocycles. The van der Waals surface area contributed by atoms with Crippen LogP contribution in [0.3, 0.4) is 0 Å². The molecule has 1 aromatic rings. The van der Waals surface area contributed by atoms with Crippen LogP contribution in [0.1, 0.15) is 12.5 Å². The van der Waals surface area contributed by atoms with Gasteiger partial charge in [0.05, 0.1) is 4.90 Å². The van der Waals surface area contributed by atoms with Gasteiger partial charge in [-0.05, 0) is 31.2 Å².